The number of aryl methyl sites for hydroxylation is 1. The van der Waals surface area contributed by atoms with Gasteiger partial charge in [-0.05, 0) is 42.8 Å². The van der Waals surface area contributed by atoms with E-state index in [9.17, 15) is 4.79 Å². The molecule has 0 aliphatic heterocycles. The fraction of sp³-hybridized carbons (Fsp3) is 0.125. The number of thioether (sulfide) groups is 1. The number of benzene rings is 2. The van der Waals surface area contributed by atoms with Crippen molar-refractivity contribution in [2.45, 2.75) is 18.7 Å². The molecule has 0 saturated heterocycles. The molecule has 3 nitrogen and oxygen atoms in total. The fourth-order valence-corrected chi connectivity index (χ4v) is 2.45. The Bertz CT molecular complexity index is 668. The van der Waals surface area contributed by atoms with E-state index in [0.29, 0.717) is 10.1 Å². The van der Waals surface area contributed by atoms with Crippen LogP contribution in [0.1, 0.15) is 12.5 Å². The molecule has 5 heteroatoms. The summed E-state index contributed by atoms with van der Waals surface area (Å²) in [5.41, 5.74) is 4.90. The molecule has 1 N–H and O–H groups in total. The molecule has 0 unspecified atom stereocenters. The van der Waals surface area contributed by atoms with Gasteiger partial charge in [0.2, 0.25) is 0 Å². The molecule has 2 rings (SSSR count). The van der Waals surface area contributed by atoms with Gasteiger partial charge in [0, 0.05) is 16.8 Å². The number of carbonyl (C=O) groups excluding carboxylic acids is 1. The van der Waals surface area contributed by atoms with E-state index in [1.54, 1.807) is 12.1 Å². The molecule has 0 aliphatic rings. The van der Waals surface area contributed by atoms with E-state index in [0.717, 1.165) is 16.1 Å². The Kier molecular flexibility index (Phi) is 5.42. The second-order valence-corrected chi connectivity index (χ2v) is 5.95. The van der Waals surface area contributed by atoms with Crippen LogP contribution in [0.4, 0.5) is 5.69 Å². The SMILES string of the molecule is CC(=O)C(=NNc1ccccc1C)Sc1ccc(Cl)cc1. The zero-order chi connectivity index (χ0) is 15.2. The minimum atomic E-state index is -0.0870. The first-order valence-electron chi connectivity index (χ1n) is 6.40. The number of para-hydroxylation sites is 1. The summed E-state index contributed by atoms with van der Waals surface area (Å²) in [7, 11) is 0. The molecule has 0 fully saturated rings. The van der Waals surface area contributed by atoms with Crippen LogP contribution >= 0.6 is 23.4 Å². The van der Waals surface area contributed by atoms with Crippen LogP contribution in [0.15, 0.2) is 58.5 Å². The largest absolute Gasteiger partial charge is 0.292 e. The van der Waals surface area contributed by atoms with Crippen molar-refractivity contribution in [1.29, 1.82) is 0 Å². The first-order chi connectivity index (χ1) is 10.1. The van der Waals surface area contributed by atoms with Crippen molar-refractivity contribution in [3.05, 3.63) is 59.1 Å². The number of nitrogens with one attached hydrogen (secondary N) is 1. The number of hydrazone groups is 1. The minimum absolute atomic E-state index is 0.0870. The molecule has 0 bridgehead atoms. The normalized spacial score (nSPS) is 11.3. The number of halogens is 1. The average Bonchev–Trinajstić information content (AvgIpc) is 2.46. The van der Waals surface area contributed by atoms with Crippen molar-refractivity contribution in [3.8, 4) is 0 Å². The lowest BCUT2D eigenvalue weighted by atomic mass is 10.2. The molecule has 0 radical (unpaired) electrons. The predicted octanol–water partition coefficient (Wildman–Crippen LogP) is 4.76. The number of Topliss-reactive ketones (excluding diaryl/α,β-unsaturated/α-hetero) is 1. The van der Waals surface area contributed by atoms with E-state index in [1.165, 1.54) is 18.7 Å². The molecule has 2 aromatic rings. The highest BCUT2D eigenvalue weighted by Crippen LogP contribution is 2.23. The maximum atomic E-state index is 11.7. The summed E-state index contributed by atoms with van der Waals surface area (Å²) < 4.78 is 0. The van der Waals surface area contributed by atoms with Gasteiger partial charge in [-0.2, -0.15) is 5.10 Å². The Hall–Kier alpha value is -1.78. The lowest BCUT2D eigenvalue weighted by Gasteiger charge is -2.07. The lowest BCUT2D eigenvalue weighted by Crippen LogP contribution is -2.08. The molecule has 2 aromatic carbocycles. The number of nitrogens with zero attached hydrogens (tertiary/aromatic N) is 1. The summed E-state index contributed by atoms with van der Waals surface area (Å²) in [5, 5.41) is 5.29. The van der Waals surface area contributed by atoms with Crippen LogP contribution in [0.25, 0.3) is 0 Å². The minimum Gasteiger partial charge on any atom is -0.292 e. The lowest BCUT2D eigenvalue weighted by molar-refractivity contribution is -0.110. The number of ketones is 1. The second kappa shape index (κ2) is 7.29. The number of carbonyl (C=O) groups is 1. The Morgan fingerprint density at radius 1 is 1.14 bits per heavy atom. The van der Waals surface area contributed by atoms with Crippen LogP contribution in [0, 0.1) is 6.92 Å². The Labute approximate surface area is 133 Å². The highest BCUT2D eigenvalue weighted by atomic mass is 35.5. The van der Waals surface area contributed by atoms with Crippen LogP contribution in [-0.2, 0) is 4.79 Å². The molecule has 21 heavy (non-hydrogen) atoms. The Balaban J connectivity index is 2.15. The quantitative estimate of drug-likeness (QED) is 0.382. The average molecular weight is 319 g/mol. The molecule has 0 aliphatic carbocycles. The summed E-state index contributed by atoms with van der Waals surface area (Å²) in [5.74, 6) is -0.0870. The third-order valence-electron chi connectivity index (χ3n) is 2.75. The van der Waals surface area contributed by atoms with E-state index in [-0.39, 0.29) is 5.78 Å². The molecule has 108 valence electrons. The van der Waals surface area contributed by atoms with Gasteiger partial charge in [-0.3, -0.25) is 10.2 Å². The van der Waals surface area contributed by atoms with Gasteiger partial charge in [-0.15, -0.1) is 0 Å². The molecular weight excluding hydrogens is 304 g/mol. The molecular formula is C16H15ClN2OS. The van der Waals surface area contributed by atoms with Crippen LogP contribution < -0.4 is 5.43 Å². The van der Waals surface area contributed by atoms with Gasteiger partial charge in [0.15, 0.2) is 10.8 Å². The van der Waals surface area contributed by atoms with Gasteiger partial charge in [-0.1, -0.05) is 41.6 Å². The van der Waals surface area contributed by atoms with E-state index < -0.39 is 0 Å². The van der Waals surface area contributed by atoms with Gasteiger partial charge in [0.1, 0.15) is 0 Å². The third kappa shape index (κ3) is 4.62. The third-order valence-corrected chi connectivity index (χ3v) is 4.08. The van der Waals surface area contributed by atoms with E-state index in [4.69, 9.17) is 11.6 Å². The van der Waals surface area contributed by atoms with Crippen molar-refractivity contribution in [3.63, 3.8) is 0 Å². The van der Waals surface area contributed by atoms with Crippen molar-refractivity contribution in [1.82, 2.24) is 0 Å². The molecule has 0 atom stereocenters. The maximum absolute atomic E-state index is 11.7. The highest BCUT2D eigenvalue weighted by Gasteiger charge is 2.09. The summed E-state index contributed by atoms with van der Waals surface area (Å²) >= 11 is 7.16. The first kappa shape index (κ1) is 15.6. The van der Waals surface area contributed by atoms with Crippen LogP contribution in [0.3, 0.4) is 0 Å². The van der Waals surface area contributed by atoms with E-state index >= 15 is 0 Å². The topological polar surface area (TPSA) is 41.5 Å². The zero-order valence-corrected chi connectivity index (χ0v) is 13.3. The highest BCUT2D eigenvalue weighted by molar-refractivity contribution is 8.15. The second-order valence-electron chi connectivity index (χ2n) is 4.46. The van der Waals surface area contributed by atoms with Crippen molar-refractivity contribution in [2.24, 2.45) is 5.10 Å². The molecule has 0 saturated carbocycles. The number of rotatable bonds is 4. The standard InChI is InChI=1S/C16H15ClN2OS/c1-11-5-3-4-6-15(11)18-19-16(12(2)20)21-14-9-7-13(17)8-10-14/h3-10,18H,1-2H3. The smallest absolute Gasteiger partial charge is 0.186 e. The molecule has 0 amide bonds. The van der Waals surface area contributed by atoms with Crippen molar-refractivity contribution in [2.75, 3.05) is 5.43 Å². The number of hydrogen-bond donors (Lipinski definition) is 1. The zero-order valence-electron chi connectivity index (χ0n) is 11.8. The molecule has 0 heterocycles. The Morgan fingerprint density at radius 3 is 2.43 bits per heavy atom. The van der Waals surface area contributed by atoms with E-state index in [2.05, 4.69) is 10.5 Å². The van der Waals surface area contributed by atoms with Crippen LogP contribution in [0.2, 0.25) is 5.02 Å². The van der Waals surface area contributed by atoms with Gasteiger partial charge >= 0.3 is 0 Å². The van der Waals surface area contributed by atoms with Gasteiger partial charge < -0.3 is 0 Å². The number of anilines is 1. The first-order valence-corrected chi connectivity index (χ1v) is 7.59. The summed E-state index contributed by atoms with van der Waals surface area (Å²) in [4.78, 5) is 12.6. The predicted molar refractivity (Wildman–Crippen MR) is 90.2 cm³/mol. The molecule has 0 spiro atoms. The van der Waals surface area contributed by atoms with Gasteiger partial charge in [-0.25, -0.2) is 0 Å². The number of hydrogen-bond acceptors (Lipinski definition) is 4. The summed E-state index contributed by atoms with van der Waals surface area (Å²) in [6.45, 7) is 3.49. The van der Waals surface area contributed by atoms with E-state index in [1.807, 2.05) is 43.3 Å². The Morgan fingerprint density at radius 2 is 1.81 bits per heavy atom. The van der Waals surface area contributed by atoms with Gasteiger partial charge in [0.25, 0.3) is 0 Å². The van der Waals surface area contributed by atoms with Crippen LogP contribution in [-0.4, -0.2) is 10.8 Å². The van der Waals surface area contributed by atoms with Gasteiger partial charge in [0.05, 0.1) is 5.69 Å². The maximum Gasteiger partial charge on any atom is 0.186 e. The fourth-order valence-electron chi connectivity index (χ4n) is 1.60. The molecule has 0 aromatic heterocycles. The summed E-state index contributed by atoms with van der Waals surface area (Å²) in [6, 6.07) is 15.1. The summed E-state index contributed by atoms with van der Waals surface area (Å²) in [6.07, 6.45) is 0. The van der Waals surface area contributed by atoms with Crippen molar-refractivity contribution >= 4 is 39.9 Å². The van der Waals surface area contributed by atoms with Crippen molar-refractivity contribution < 1.29 is 4.79 Å². The monoisotopic (exact) mass is 318 g/mol. The van der Waals surface area contributed by atoms with Crippen LogP contribution in [0.5, 0.6) is 0 Å².